The van der Waals surface area contributed by atoms with Crippen LogP contribution < -0.4 is 5.32 Å². The lowest BCUT2D eigenvalue weighted by Gasteiger charge is -2.59. The summed E-state index contributed by atoms with van der Waals surface area (Å²) in [6, 6.07) is 7.23. The summed E-state index contributed by atoms with van der Waals surface area (Å²) in [4.78, 5) is 0.349. The molecule has 2 atom stereocenters. The summed E-state index contributed by atoms with van der Waals surface area (Å²) >= 11 is 0. The van der Waals surface area contributed by atoms with Crippen LogP contribution in [0.5, 0.6) is 0 Å². The third-order valence-electron chi connectivity index (χ3n) is 4.89. The van der Waals surface area contributed by atoms with Gasteiger partial charge in [0.2, 0.25) is 0 Å². The molecule has 0 unspecified atom stereocenters. The molecular formula is C15H23NO3S. The minimum Gasteiger partial charge on any atom is -0.380 e. The SMILES string of the molecule is CO[C@@]1(C)C[C@@H](Nc2ccccc2S(C)(=O)=O)C1(C)C. The van der Waals surface area contributed by atoms with E-state index in [-0.39, 0.29) is 17.1 Å². The monoisotopic (exact) mass is 297 g/mol. The highest BCUT2D eigenvalue weighted by molar-refractivity contribution is 7.90. The predicted molar refractivity (Wildman–Crippen MR) is 80.8 cm³/mol. The number of ether oxygens (including phenoxy) is 1. The lowest BCUT2D eigenvalue weighted by atomic mass is 9.56. The van der Waals surface area contributed by atoms with Gasteiger partial charge < -0.3 is 10.1 Å². The lowest BCUT2D eigenvalue weighted by molar-refractivity contribution is -0.166. The van der Waals surface area contributed by atoms with Crippen molar-refractivity contribution in [2.45, 2.75) is 43.7 Å². The fraction of sp³-hybridized carbons (Fsp3) is 0.600. The second kappa shape index (κ2) is 4.74. The molecular weight excluding hydrogens is 274 g/mol. The molecule has 1 aliphatic rings. The first-order valence-corrected chi connectivity index (χ1v) is 8.62. The van der Waals surface area contributed by atoms with Crippen LogP contribution in [0.1, 0.15) is 27.2 Å². The Hall–Kier alpha value is -1.07. The molecule has 0 spiro atoms. The van der Waals surface area contributed by atoms with Gasteiger partial charge >= 0.3 is 0 Å². The van der Waals surface area contributed by atoms with E-state index in [1.807, 2.05) is 12.1 Å². The van der Waals surface area contributed by atoms with E-state index in [0.717, 1.165) is 6.42 Å². The van der Waals surface area contributed by atoms with Crippen molar-refractivity contribution in [2.75, 3.05) is 18.7 Å². The number of methoxy groups -OCH3 is 1. The van der Waals surface area contributed by atoms with Crippen LogP contribution in [-0.4, -0.2) is 33.4 Å². The Morgan fingerprint density at radius 1 is 1.25 bits per heavy atom. The van der Waals surface area contributed by atoms with E-state index in [1.165, 1.54) is 6.26 Å². The van der Waals surface area contributed by atoms with Gasteiger partial charge in [-0.05, 0) is 25.5 Å². The van der Waals surface area contributed by atoms with Crippen LogP contribution in [0, 0.1) is 5.41 Å². The van der Waals surface area contributed by atoms with Crippen molar-refractivity contribution in [1.29, 1.82) is 0 Å². The van der Waals surface area contributed by atoms with Crippen LogP contribution >= 0.6 is 0 Å². The molecule has 1 saturated carbocycles. The molecule has 1 aromatic rings. The van der Waals surface area contributed by atoms with Crippen molar-refractivity contribution in [3.8, 4) is 0 Å². The standard InChI is InChI=1S/C15H23NO3S/c1-14(2)13(10-15(14,3)19-4)16-11-8-6-7-9-12(11)20(5,17)18/h6-9,13,16H,10H2,1-5H3/t13-,15+/m1/s1. The van der Waals surface area contributed by atoms with E-state index < -0.39 is 9.84 Å². The summed E-state index contributed by atoms with van der Waals surface area (Å²) in [5.41, 5.74) is 0.433. The van der Waals surface area contributed by atoms with Gasteiger partial charge in [0.15, 0.2) is 9.84 Å². The van der Waals surface area contributed by atoms with Crippen molar-refractivity contribution < 1.29 is 13.2 Å². The third kappa shape index (κ3) is 2.33. The largest absolute Gasteiger partial charge is 0.380 e. The zero-order valence-corrected chi connectivity index (χ0v) is 13.5. The number of para-hydroxylation sites is 1. The maximum Gasteiger partial charge on any atom is 0.177 e. The van der Waals surface area contributed by atoms with E-state index in [1.54, 1.807) is 19.2 Å². The molecule has 1 aliphatic carbocycles. The molecule has 0 heterocycles. The highest BCUT2D eigenvalue weighted by Gasteiger charge is 2.57. The Kier molecular flexibility index (Phi) is 3.63. The van der Waals surface area contributed by atoms with Crippen LogP contribution in [0.2, 0.25) is 0 Å². The average Bonchev–Trinajstić information content (AvgIpc) is 2.37. The molecule has 0 saturated heterocycles. The number of anilines is 1. The van der Waals surface area contributed by atoms with Crippen molar-refractivity contribution >= 4 is 15.5 Å². The molecule has 5 heteroatoms. The fourth-order valence-corrected chi connectivity index (χ4v) is 3.67. The van der Waals surface area contributed by atoms with Crippen molar-refractivity contribution in [3.05, 3.63) is 24.3 Å². The number of benzene rings is 1. The van der Waals surface area contributed by atoms with Crippen molar-refractivity contribution in [3.63, 3.8) is 0 Å². The Bertz CT molecular complexity index is 609. The maximum atomic E-state index is 11.8. The normalized spacial score (nSPS) is 28.8. The molecule has 20 heavy (non-hydrogen) atoms. The molecule has 0 bridgehead atoms. The first kappa shape index (κ1) is 15.3. The van der Waals surface area contributed by atoms with Crippen LogP contribution in [0.3, 0.4) is 0 Å². The number of hydrogen-bond acceptors (Lipinski definition) is 4. The lowest BCUT2D eigenvalue weighted by Crippen LogP contribution is -2.65. The van der Waals surface area contributed by atoms with E-state index in [2.05, 4.69) is 26.1 Å². The molecule has 2 rings (SSSR count). The molecule has 0 amide bonds. The van der Waals surface area contributed by atoms with Crippen molar-refractivity contribution in [1.82, 2.24) is 0 Å². The first-order chi connectivity index (χ1) is 9.12. The van der Waals surface area contributed by atoms with E-state index in [4.69, 9.17) is 4.74 Å². The highest BCUT2D eigenvalue weighted by atomic mass is 32.2. The summed E-state index contributed by atoms with van der Waals surface area (Å²) in [6.45, 7) is 6.37. The predicted octanol–water partition coefficient (Wildman–Crippen LogP) is 2.71. The Morgan fingerprint density at radius 2 is 1.85 bits per heavy atom. The molecule has 0 radical (unpaired) electrons. The Morgan fingerprint density at radius 3 is 2.35 bits per heavy atom. The molecule has 1 aromatic carbocycles. The summed E-state index contributed by atoms with van der Waals surface area (Å²) in [6.07, 6.45) is 2.09. The van der Waals surface area contributed by atoms with E-state index in [9.17, 15) is 8.42 Å². The minimum atomic E-state index is -3.23. The zero-order valence-electron chi connectivity index (χ0n) is 12.7. The topological polar surface area (TPSA) is 55.4 Å². The number of sulfone groups is 1. The van der Waals surface area contributed by atoms with Crippen molar-refractivity contribution in [2.24, 2.45) is 5.41 Å². The smallest absolute Gasteiger partial charge is 0.177 e. The van der Waals surface area contributed by atoms with Crippen LogP contribution in [0.15, 0.2) is 29.2 Å². The molecule has 112 valence electrons. The van der Waals surface area contributed by atoms with Gasteiger partial charge in [0.25, 0.3) is 0 Å². The van der Waals surface area contributed by atoms with Crippen LogP contribution in [0.25, 0.3) is 0 Å². The maximum absolute atomic E-state index is 11.8. The second-order valence-electron chi connectivity index (χ2n) is 6.33. The molecule has 1 N–H and O–H groups in total. The van der Waals surface area contributed by atoms with Gasteiger partial charge in [-0.3, -0.25) is 0 Å². The van der Waals surface area contributed by atoms with Crippen LogP contribution in [-0.2, 0) is 14.6 Å². The summed E-state index contributed by atoms with van der Waals surface area (Å²) in [7, 11) is -1.50. The minimum absolute atomic E-state index is 0.0631. The summed E-state index contributed by atoms with van der Waals surface area (Å²) in [5, 5.41) is 3.37. The fourth-order valence-electron chi connectivity index (χ4n) is 2.82. The van der Waals surface area contributed by atoms with Gasteiger partial charge in [-0.1, -0.05) is 26.0 Å². The molecule has 4 nitrogen and oxygen atoms in total. The summed E-state index contributed by atoms with van der Waals surface area (Å²) in [5.74, 6) is 0. The molecule has 0 aliphatic heterocycles. The zero-order chi connectivity index (χ0) is 15.2. The third-order valence-corrected chi connectivity index (χ3v) is 6.05. The Labute approximate surface area is 121 Å². The number of hydrogen-bond donors (Lipinski definition) is 1. The second-order valence-corrected chi connectivity index (χ2v) is 8.31. The van der Waals surface area contributed by atoms with E-state index >= 15 is 0 Å². The van der Waals surface area contributed by atoms with Gasteiger partial charge in [-0.2, -0.15) is 0 Å². The average molecular weight is 297 g/mol. The molecule has 0 aromatic heterocycles. The van der Waals surface area contributed by atoms with Gasteiger partial charge in [-0.15, -0.1) is 0 Å². The first-order valence-electron chi connectivity index (χ1n) is 6.72. The molecule has 1 fully saturated rings. The highest BCUT2D eigenvalue weighted by Crippen LogP contribution is 2.52. The van der Waals surface area contributed by atoms with E-state index in [0.29, 0.717) is 10.6 Å². The van der Waals surface area contributed by atoms with Gasteiger partial charge in [0, 0.05) is 24.8 Å². The van der Waals surface area contributed by atoms with Gasteiger partial charge in [-0.25, -0.2) is 8.42 Å². The van der Waals surface area contributed by atoms with Gasteiger partial charge in [0.05, 0.1) is 16.2 Å². The van der Waals surface area contributed by atoms with Crippen LogP contribution in [0.4, 0.5) is 5.69 Å². The summed E-state index contributed by atoms with van der Waals surface area (Å²) < 4.78 is 29.2. The Balaban J connectivity index is 2.26. The number of rotatable bonds is 4. The number of nitrogens with one attached hydrogen (secondary N) is 1. The van der Waals surface area contributed by atoms with Gasteiger partial charge in [0.1, 0.15) is 0 Å². The quantitative estimate of drug-likeness (QED) is 0.928.